The largest absolute Gasteiger partial charge is 0.419 e. The fraction of sp³-hybridized carbons (Fsp3) is 0.381. The van der Waals surface area contributed by atoms with Gasteiger partial charge in [-0.1, -0.05) is 12.1 Å². The fourth-order valence-electron chi connectivity index (χ4n) is 3.62. The molecule has 1 atom stereocenters. The molecular formula is C21H22N4OS2. The number of benzene rings is 1. The summed E-state index contributed by atoms with van der Waals surface area (Å²) in [5, 5.41) is 9.70. The van der Waals surface area contributed by atoms with E-state index in [9.17, 15) is 0 Å². The van der Waals surface area contributed by atoms with Crippen molar-refractivity contribution < 1.29 is 4.42 Å². The Labute approximate surface area is 172 Å². The lowest BCUT2D eigenvalue weighted by molar-refractivity contribution is 0.228. The van der Waals surface area contributed by atoms with Crippen molar-refractivity contribution in [1.82, 2.24) is 20.1 Å². The van der Waals surface area contributed by atoms with E-state index in [-0.39, 0.29) is 6.04 Å². The monoisotopic (exact) mass is 410 g/mol. The highest BCUT2D eigenvalue weighted by Gasteiger charge is 2.21. The Morgan fingerprint density at radius 3 is 2.86 bits per heavy atom. The van der Waals surface area contributed by atoms with Crippen molar-refractivity contribution in [2.45, 2.75) is 45.2 Å². The van der Waals surface area contributed by atoms with Crippen molar-refractivity contribution in [3.8, 4) is 10.8 Å². The topological polar surface area (TPSA) is 55.1 Å². The second-order valence-electron chi connectivity index (χ2n) is 7.38. The van der Waals surface area contributed by atoms with E-state index in [1.165, 1.54) is 40.8 Å². The quantitative estimate of drug-likeness (QED) is 0.436. The third kappa shape index (κ3) is 3.38. The Hall–Kier alpha value is -2.09. The molecule has 28 heavy (non-hydrogen) atoms. The first kappa shape index (κ1) is 18.0. The van der Waals surface area contributed by atoms with Gasteiger partial charge in [-0.2, -0.15) is 0 Å². The molecule has 3 heterocycles. The maximum absolute atomic E-state index is 5.99. The average Bonchev–Trinajstić information content (AvgIpc) is 3.44. The molecule has 0 amide bonds. The Morgan fingerprint density at radius 1 is 1.14 bits per heavy atom. The van der Waals surface area contributed by atoms with Crippen molar-refractivity contribution in [1.29, 1.82) is 0 Å². The van der Waals surface area contributed by atoms with Gasteiger partial charge in [0.2, 0.25) is 5.89 Å². The van der Waals surface area contributed by atoms with E-state index in [0.717, 1.165) is 15.4 Å². The minimum atomic E-state index is 0.182. The summed E-state index contributed by atoms with van der Waals surface area (Å²) < 4.78 is 7.21. The number of rotatable bonds is 5. The standard InChI is InChI=1S/C21H22N4OS2/c1-13(21-22-15-8-4-6-10-17(15)28-21)25(2)12-19-23-24-20(26-19)18-11-14-7-3-5-9-16(14)27-18/h4,6,8,10-11,13H,3,5,7,9,12H2,1-2H3. The maximum atomic E-state index is 5.99. The Morgan fingerprint density at radius 2 is 2.00 bits per heavy atom. The van der Waals surface area contributed by atoms with E-state index >= 15 is 0 Å². The zero-order chi connectivity index (χ0) is 19.1. The Bertz CT molecular complexity index is 1060. The van der Waals surface area contributed by atoms with Gasteiger partial charge in [-0.15, -0.1) is 32.9 Å². The number of hydrogen-bond donors (Lipinski definition) is 0. The van der Waals surface area contributed by atoms with Gasteiger partial charge >= 0.3 is 0 Å². The average molecular weight is 411 g/mol. The van der Waals surface area contributed by atoms with Gasteiger partial charge in [0.25, 0.3) is 5.89 Å². The molecule has 1 unspecified atom stereocenters. The van der Waals surface area contributed by atoms with Crippen LogP contribution in [-0.2, 0) is 19.4 Å². The molecule has 0 bridgehead atoms. The van der Waals surface area contributed by atoms with Gasteiger partial charge in [-0.25, -0.2) is 4.98 Å². The number of aryl methyl sites for hydroxylation is 2. The minimum Gasteiger partial charge on any atom is -0.419 e. The maximum Gasteiger partial charge on any atom is 0.257 e. The van der Waals surface area contributed by atoms with Crippen LogP contribution >= 0.6 is 22.7 Å². The predicted octanol–water partition coefficient (Wildman–Crippen LogP) is 5.48. The summed E-state index contributed by atoms with van der Waals surface area (Å²) in [6.45, 7) is 2.78. The third-order valence-corrected chi connectivity index (χ3v) is 7.82. The predicted molar refractivity (Wildman–Crippen MR) is 114 cm³/mol. The van der Waals surface area contributed by atoms with Crippen molar-refractivity contribution in [2.75, 3.05) is 7.05 Å². The van der Waals surface area contributed by atoms with Crippen LogP contribution < -0.4 is 0 Å². The molecule has 1 aromatic carbocycles. The molecule has 0 spiro atoms. The van der Waals surface area contributed by atoms with E-state index in [2.05, 4.69) is 53.3 Å². The van der Waals surface area contributed by atoms with Gasteiger partial charge < -0.3 is 4.42 Å². The number of fused-ring (bicyclic) bond motifs is 2. The van der Waals surface area contributed by atoms with Crippen molar-refractivity contribution in [3.05, 3.63) is 51.7 Å². The van der Waals surface area contributed by atoms with Crippen LogP contribution in [0.25, 0.3) is 21.0 Å². The minimum absolute atomic E-state index is 0.182. The molecular weight excluding hydrogens is 388 g/mol. The molecule has 7 heteroatoms. The van der Waals surface area contributed by atoms with Crippen molar-refractivity contribution in [2.24, 2.45) is 0 Å². The molecule has 0 aliphatic heterocycles. The molecule has 0 N–H and O–H groups in total. The number of thiophene rings is 1. The molecule has 0 saturated heterocycles. The van der Waals surface area contributed by atoms with Crippen LogP contribution in [-0.4, -0.2) is 27.1 Å². The van der Waals surface area contributed by atoms with Crippen LogP contribution in [0.15, 0.2) is 34.7 Å². The van der Waals surface area contributed by atoms with E-state index in [4.69, 9.17) is 9.40 Å². The van der Waals surface area contributed by atoms with Gasteiger partial charge in [-0.3, -0.25) is 4.90 Å². The Kier molecular flexibility index (Phi) is 4.74. The van der Waals surface area contributed by atoms with Crippen LogP contribution in [0, 0.1) is 0 Å². The number of thiazole rings is 1. The summed E-state index contributed by atoms with van der Waals surface area (Å²) in [6, 6.07) is 10.7. The van der Waals surface area contributed by atoms with Crippen LogP contribution in [0.5, 0.6) is 0 Å². The number of aromatic nitrogens is 3. The lowest BCUT2D eigenvalue weighted by atomic mass is 9.99. The van der Waals surface area contributed by atoms with E-state index in [0.29, 0.717) is 18.3 Å². The SMILES string of the molecule is CC(c1nc2ccccc2s1)N(C)Cc1nnc(-c2cc3c(s2)CCCC3)o1. The van der Waals surface area contributed by atoms with Gasteiger partial charge in [0.1, 0.15) is 5.01 Å². The number of nitrogens with zero attached hydrogens (tertiary/aromatic N) is 4. The molecule has 5 rings (SSSR count). The zero-order valence-corrected chi connectivity index (χ0v) is 17.6. The van der Waals surface area contributed by atoms with Gasteiger partial charge in [0, 0.05) is 4.88 Å². The van der Waals surface area contributed by atoms with E-state index in [1.807, 2.05) is 17.4 Å². The lowest BCUT2D eigenvalue weighted by Gasteiger charge is -2.20. The smallest absolute Gasteiger partial charge is 0.257 e. The second kappa shape index (κ2) is 7.39. The number of hydrogen-bond acceptors (Lipinski definition) is 7. The third-order valence-electron chi connectivity index (χ3n) is 5.39. The molecule has 0 fully saturated rings. The van der Waals surface area contributed by atoms with Gasteiger partial charge in [-0.05, 0) is 63.4 Å². The van der Waals surface area contributed by atoms with E-state index in [1.54, 1.807) is 11.3 Å². The molecule has 5 nitrogen and oxygen atoms in total. The summed E-state index contributed by atoms with van der Waals surface area (Å²) in [5.74, 6) is 1.30. The highest BCUT2D eigenvalue weighted by molar-refractivity contribution is 7.18. The van der Waals surface area contributed by atoms with E-state index < -0.39 is 0 Å². The molecule has 4 aromatic rings. The highest BCUT2D eigenvalue weighted by Crippen LogP contribution is 2.35. The second-order valence-corrected chi connectivity index (χ2v) is 9.58. The summed E-state index contributed by atoms with van der Waals surface area (Å²) in [7, 11) is 2.07. The Balaban J connectivity index is 1.31. The van der Waals surface area contributed by atoms with Crippen LogP contribution in [0.1, 0.15) is 47.1 Å². The van der Waals surface area contributed by atoms with Crippen LogP contribution in [0.4, 0.5) is 0 Å². The first-order valence-corrected chi connectivity index (χ1v) is 11.3. The van der Waals surface area contributed by atoms with Crippen molar-refractivity contribution in [3.63, 3.8) is 0 Å². The number of para-hydroxylation sites is 1. The molecule has 1 aliphatic rings. The first-order valence-electron chi connectivity index (χ1n) is 9.67. The zero-order valence-electron chi connectivity index (χ0n) is 16.0. The summed E-state index contributed by atoms with van der Waals surface area (Å²) in [6.07, 6.45) is 4.93. The summed E-state index contributed by atoms with van der Waals surface area (Å²) >= 11 is 3.55. The molecule has 3 aromatic heterocycles. The van der Waals surface area contributed by atoms with Crippen LogP contribution in [0.3, 0.4) is 0 Å². The molecule has 144 valence electrons. The first-order chi connectivity index (χ1) is 13.7. The summed E-state index contributed by atoms with van der Waals surface area (Å²) in [5.41, 5.74) is 2.53. The van der Waals surface area contributed by atoms with Gasteiger partial charge in [0.15, 0.2) is 0 Å². The molecule has 0 saturated carbocycles. The summed E-state index contributed by atoms with van der Waals surface area (Å²) in [4.78, 5) is 9.57. The lowest BCUT2D eigenvalue weighted by Crippen LogP contribution is -2.22. The highest BCUT2D eigenvalue weighted by atomic mass is 32.1. The molecule has 0 radical (unpaired) electrons. The normalized spacial score (nSPS) is 15.2. The van der Waals surface area contributed by atoms with Crippen molar-refractivity contribution >= 4 is 32.9 Å². The fourth-order valence-corrected chi connectivity index (χ4v) is 5.88. The van der Waals surface area contributed by atoms with Gasteiger partial charge in [0.05, 0.1) is 27.7 Å². The van der Waals surface area contributed by atoms with Crippen LogP contribution in [0.2, 0.25) is 0 Å². The molecule has 1 aliphatic carbocycles.